The van der Waals surface area contributed by atoms with Gasteiger partial charge < -0.3 is 18.9 Å². The number of hydrogen-bond acceptors (Lipinski definition) is 6. The molecule has 1 spiro atoms. The average molecular weight is 309 g/mol. The van der Waals surface area contributed by atoms with Crippen LogP contribution >= 0.6 is 0 Å². The minimum absolute atomic E-state index is 0.232. The van der Waals surface area contributed by atoms with Gasteiger partial charge in [-0.3, -0.25) is 4.84 Å². The molecule has 22 heavy (non-hydrogen) atoms. The molecule has 1 aromatic rings. The normalized spacial score (nSPS) is 27.5. The van der Waals surface area contributed by atoms with Crippen LogP contribution in [0.15, 0.2) is 12.1 Å². The molecule has 2 unspecified atom stereocenters. The van der Waals surface area contributed by atoms with Crippen LogP contribution in [0.1, 0.15) is 30.9 Å². The van der Waals surface area contributed by atoms with E-state index >= 15 is 0 Å². The van der Waals surface area contributed by atoms with E-state index in [2.05, 4.69) is 5.48 Å². The molecule has 2 heterocycles. The second-order valence-electron chi connectivity index (χ2n) is 5.43. The molecule has 122 valence electrons. The van der Waals surface area contributed by atoms with Crippen LogP contribution in [0, 0.1) is 0 Å². The maximum atomic E-state index is 6.04. The molecule has 0 radical (unpaired) electrons. The zero-order valence-corrected chi connectivity index (χ0v) is 13.3. The van der Waals surface area contributed by atoms with Gasteiger partial charge in [-0.05, 0) is 31.0 Å². The quantitative estimate of drug-likeness (QED) is 0.919. The Labute approximate surface area is 130 Å². The van der Waals surface area contributed by atoms with E-state index in [1.807, 2.05) is 19.1 Å². The lowest BCUT2D eigenvalue weighted by Crippen LogP contribution is -2.53. The predicted octanol–water partition coefficient (Wildman–Crippen LogP) is 2.11. The van der Waals surface area contributed by atoms with Crippen LogP contribution in [0.5, 0.6) is 11.5 Å². The molecule has 0 aliphatic carbocycles. The van der Waals surface area contributed by atoms with Gasteiger partial charge in [0.25, 0.3) is 0 Å². The topological polar surface area (TPSA) is 58.2 Å². The molecule has 2 aliphatic rings. The van der Waals surface area contributed by atoms with E-state index in [-0.39, 0.29) is 6.29 Å². The molecular weight excluding hydrogens is 286 g/mol. The van der Waals surface area contributed by atoms with Crippen LogP contribution in [0.25, 0.3) is 0 Å². The third-order valence-electron chi connectivity index (χ3n) is 4.20. The van der Waals surface area contributed by atoms with Gasteiger partial charge in [-0.2, -0.15) is 5.48 Å². The highest BCUT2D eigenvalue weighted by Crippen LogP contribution is 2.42. The van der Waals surface area contributed by atoms with Crippen molar-refractivity contribution >= 4 is 0 Å². The van der Waals surface area contributed by atoms with Crippen molar-refractivity contribution in [2.24, 2.45) is 0 Å². The molecule has 0 bridgehead atoms. The molecule has 1 fully saturated rings. The molecule has 6 heteroatoms. The Bertz CT molecular complexity index is 526. The fourth-order valence-corrected chi connectivity index (χ4v) is 3.10. The fraction of sp³-hybridized carbons (Fsp3) is 0.625. The summed E-state index contributed by atoms with van der Waals surface area (Å²) in [5, 5.41) is 0. The zero-order chi connectivity index (χ0) is 15.6. The first-order valence-corrected chi connectivity index (χ1v) is 7.66. The van der Waals surface area contributed by atoms with E-state index in [1.54, 1.807) is 14.2 Å². The van der Waals surface area contributed by atoms with Crippen molar-refractivity contribution in [3.05, 3.63) is 23.3 Å². The van der Waals surface area contributed by atoms with Crippen LogP contribution in [0.2, 0.25) is 0 Å². The van der Waals surface area contributed by atoms with E-state index in [4.69, 9.17) is 23.8 Å². The smallest absolute Gasteiger partial charge is 0.177 e. The van der Waals surface area contributed by atoms with Crippen molar-refractivity contribution in [1.82, 2.24) is 5.48 Å². The summed E-state index contributed by atoms with van der Waals surface area (Å²) in [5.74, 6) is 1.43. The zero-order valence-electron chi connectivity index (χ0n) is 13.3. The fourth-order valence-electron chi connectivity index (χ4n) is 3.10. The standard InChI is InChI=1S/C16H23NO5/c1-4-20-15-5-7-16(17-22-15)12-10-14(19-3)13(18-2)9-11(12)6-8-21-16/h9-10,15,17H,4-8H2,1-3H3. The summed E-state index contributed by atoms with van der Waals surface area (Å²) in [6.45, 7) is 3.22. The van der Waals surface area contributed by atoms with Gasteiger partial charge in [0.1, 0.15) is 0 Å². The van der Waals surface area contributed by atoms with Crippen molar-refractivity contribution in [3.8, 4) is 11.5 Å². The van der Waals surface area contributed by atoms with Gasteiger partial charge in [0.05, 0.1) is 20.8 Å². The summed E-state index contributed by atoms with van der Waals surface area (Å²) in [7, 11) is 3.28. The lowest BCUT2D eigenvalue weighted by atomic mass is 9.88. The Morgan fingerprint density at radius 3 is 2.68 bits per heavy atom. The second kappa shape index (κ2) is 6.42. The minimum atomic E-state index is -0.638. The number of methoxy groups -OCH3 is 2. The third-order valence-corrected chi connectivity index (χ3v) is 4.20. The third kappa shape index (κ3) is 2.67. The molecule has 2 aliphatic heterocycles. The number of benzene rings is 1. The van der Waals surface area contributed by atoms with Gasteiger partial charge in [0, 0.05) is 25.0 Å². The first kappa shape index (κ1) is 15.6. The number of hydroxylamine groups is 1. The molecule has 6 nitrogen and oxygen atoms in total. The van der Waals surface area contributed by atoms with Crippen LogP contribution < -0.4 is 15.0 Å². The van der Waals surface area contributed by atoms with E-state index in [0.717, 1.165) is 30.6 Å². The highest BCUT2D eigenvalue weighted by Gasteiger charge is 2.43. The number of ether oxygens (including phenoxy) is 4. The Balaban J connectivity index is 1.91. The molecule has 2 atom stereocenters. The van der Waals surface area contributed by atoms with Crippen LogP contribution in [-0.4, -0.2) is 33.7 Å². The summed E-state index contributed by atoms with van der Waals surface area (Å²) in [6.07, 6.45) is 2.16. The van der Waals surface area contributed by atoms with Gasteiger partial charge in [-0.15, -0.1) is 0 Å². The van der Waals surface area contributed by atoms with Crippen LogP contribution in [0.4, 0.5) is 0 Å². The van der Waals surface area contributed by atoms with E-state index in [9.17, 15) is 0 Å². The van der Waals surface area contributed by atoms with Crippen LogP contribution in [0.3, 0.4) is 0 Å². The van der Waals surface area contributed by atoms with E-state index in [1.165, 1.54) is 5.56 Å². The lowest BCUT2D eigenvalue weighted by molar-refractivity contribution is -0.288. The Kier molecular flexibility index (Phi) is 4.54. The summed E-state index contributed by atoms with van der Waals surface area (Å²) < 4.78 is 22.4. The van der Waals surface area contributed by atoms with Crippen molar-refractivity contribution in [2.75, 3.05) is 27.4 Å². The number of fused-ring (bicyclic) bond motifs is 2. The molecule has 0 saturated carbocycles. The largest absolute Gasteiger partial charge is 0.493 e. The maximum absolute atomic E-state index is 6.04. The summed E-state index contributed by atoms with van der Waals surface area (Å²) in [5.41, 5.74) is 4.67. The van der Waals surface area contributed by atoms with Gasteiger partial charge >= 0.3 is 0 Å². The monoisotopic (exact) mass is 309 g/mol. The van der Waals surface area contributed by atoms with Crippen molar-refractivity contribution < 1.29 is 23.8 Å². The minimum Gasteiger partial charge on any atom is -0.493 e. The van der Waals surface area contributed by atoms with E-state index in [0.29, 0.717) is 19.0 Å². The van der Waals surface area contributed by atoms with Crippen molar-refractivity contribution in [1.29, 1.82) is 0 Å². The van der Waals surface area contributed by atoms with Gasteiger partial charge in [0.2, 0.25) is 0 Å². The first-order valence-electron chi connectivity index (χ1n) is 7.66. The van der Waals surface area contributed by atoms with Crippen molar-refractivity contribution in [3.63, 3.8) is 0 Å². The SMILES string of the molecule is CCOC1CCC2(NO1)OCCc1cc(OC)c(OC)cc12. The molecule has 1 aromatic carbocycles. The van der Waals surface area contributed by atoms with E-state index < -0.39 is 5.72 Å². The molecule has 1 N–H and O–H groups in total. The molecule has 0 amide bonds. The number of rotatable bonds is 4. The summed E-state index contributed by atoms with van der Waals surface area (Å²) in [6, 6.07) is 4.00. The Morgan fingerprint density at radius 1 is 1.27 bits per heavy atom. The first-order chi connectivity index (χ1) is 10.7. The summed E-state index contributed by atoms with van der Waals surface area (Å²) >= 11 is 0. The Hall–Kier alpha value is -1.34. The lowest BCUT2D eigenvalue weighted by Gasteiger charge is -2.43. The van der Waals surface area contributed by atoms with Gasteiger partial charge in [0.15, 0.2) is 23.5 Å². The predicted molar refractivity (Wildman–Crippen MR) is 79.7 cm³/mol. The summed E-state index contributed by atoms with van der Waals surface area (Å²) in [4.78, 5) is 5.63. The number of hydrogen-bond donors (Lipinski definition) is 1. The highest BCUT2D eigenvalue weighted by molar-refractivity contribution is 5.50. The highest BCUT2D eigenvalue weighted by atomic mass is 16.8. The number of nitrogens with one attached hydrogen (secondary N) is 1. The average Bonchev–Trinajstić information content (AvgIpc) is 2.56. The second-order valence-corrected chi connectivity index (χ2v) is 5.43. The van der Waals surface area contributed by atoms with Gasteiger partial charge in [-0.25, -0.2) is 0 Å². The molecule has 1 saturated heterocycles. The molecule has 3 rings (SSSR count). The maximum Gasteiger partial charge on any atom is 0.177 e. The molecule has 0 aromatic heterocycles. The molecular formula is C16H23NO5. The Morgan fingerprint density at radius 2 is 2.05 bits per heavy atom. The van der Waals surface area contributed by atoms with Crippen molar-refractivity contribution in [2.45, 2.75) is 38.2 Å². The van der Waals surface area contributed by atoms with Crippen LogP contribution in [-0.2, 0) is 26.5 Å². The van der Waals surface area contributed by atoms with Gasteiger partial charge in [-0.1, -0.05) is 0 Å².